The third-order valence-electron chi connectivity index (χ3n) is 6.41. The molecule has 0 heterocycles. The standard InChI is InChI=1S/C31H57NO4/c1-3-5-7-9-11-13-14-15-17-19-21-23-25-30(35)29(27-33)32-31(36)26-28(34)24-22-20-18-16-12-10-8-6-4-2/h9,11,15,17,23,25,28-30,33-35H,3-8,10,12-14,16,18-22,24,26-27H2,1-2H3,(H,32,36)/b11-9+,17-15+,25-23+. The van der Waals surface area contributed by atoms with Crippen molar-refractivity contribution in [3.63, 3.8) is 0 Å². The number of aliphatic hydroxyl groups is 3. The van der Waals surface area contributed by atoms with Crippen LogP contribution in [0.25, 0.3) is 0 Å². The first-order valence-corrected chi connectivity index (χ1v) is 14.8. The number of hydrogen-bond acceptors (Lipinski definition) is 4. The second-order valence-corrected chi connectivity index (χ2v) is 9.99. The number of hydrogen-bond donors (Lipinski definition) is 4. The van der Waals surface area contributed by atoms with Gasteiger partial charge < -0.3 is 20.6 Å². The molecule has 0 radical (unpaired) electrons. The molecule has 36 heavy (non-hydrogen) atoms. The summed E-state index contributed by atoms with van der Waals surface area (Å²) in [5.74, 6) is -0.336. The molecular weight excluding hydrogens is 450 g/mol. The van der Waals surface area contributed by atoms with E-state index in [4.69, 9.17) is 0 Å². The molecule has 0 aliphatic heterocycles. The minimum Gasteiger partial charge on any atom is -0.394 e. The van der Waals surface area contributed by atoms with Gasteiger partial charge in [0.25, 0.3) is 0 Å². The van der Waals surface area contributed by atoms with Gasteiger partial charge in [-0.3, -0.25) is 4.79 Å². The lowest BCUT2D eigenvalue weighted by atomic mass is 10.0. The number of rotatable bonds is 25. The van der Waals surface area contributed by atoms with Crippen molar-refractivity contribution in [1.82, 2.24) is 5.32 Å². The molecule has 0 aliphatic rings. The number of carbonyl (C=O) groups excluding carboxylic acids is 1. The van der Waals surface area contributed by atoms with Crippen LogP contribution in [0.2, 0.25) is 0 Å². The summed E-state index contributed by atoms with van der Waals surface area (Å²) in [6, 6.07) is -0.760. The van der Waals surface area contributed by atoms with Crippen molar-refractivity contribution in [2.75, 3.05) is 6.61 Å². The van der Waals surface area contributed by atoms with Crippen molar-refractivity contribution in [3.8, 4) is 0 Å². The van der Waals surface area contributed by atoms with Crippen molar-refractivity contribution in [1.29, 1.82) is 0 Å². The van der Waals surface area contributed by atoms with Gasteiger partial charge in [-0.25, -0.2) is 0 Å². The van der Waals surface area contributed by atoms with Gasteiger partial charge in [0.05, 0.1) is 31.3 Å². The predicted molar refractivity (Wildman–Crippen MR) is 153 cm³/mol. The van der Waals surface area contributed by atoms with E-state index in [1.807, 2.05) is 6.08 Å². The van der Waals surface area contributed by atoms with Gasteiger partial charge in [-0.1, -0.05) is 121 Å². The lowest BCUT2D eigenvalue weighted by Crippen LogP contribution is -2.45. The van der Waals surface area contributed by atoms with Crippen molar-refractivity contribution < 1.29 is 20.1 Å². The topological polar surface area (TPSA) is 89.8 Å². The quantitative estimate of drug-likeness (QED) is 0.0798. The van der Waals surface area contributed by atoms with Crippen LogP contribution in [0.1, 0.15) is 129 Å². The van der Waals surface area contributed by atoms with Crippen molar-refractivity contribution in [3.05, 3.63) is 36.5 Å². The van der Waals surface area contributed by atoms with Crippen LogP contribution >= 0.6 is 0 Å². The highest BCUT2D eigenvalue weighted by Crippen LogP contribution is 2.12. The lowest BCUT2D eigenvalue weighted by molar-refractivity contribution is -0.124. The van der Waals surface area contributed by atoms with Gasteiger partial charge in [0.2, 0.25) is 5.91 Å². The van der Waals surface area contributed by atoms with E-state index in [1.54, 1.807) is 6.08 Å². The molecule has 5 nitrogen and oxygen atoms in total. The molecule has 0 rings (SSSR count). The number of amides is 1. The Balaban J connectivity index is 3.94. The third kappa shape index (κ3) is 23.0. The van der Waals surface area contributed by atoms with Gasteiger partial charge >= 0.3 is 0 Å². The SMILES string of the molecule is CCCC/C=C/CC/C=C/CC/C=C/C(O)C(CO)NC(=O)CC(O)CCCCCCCCCCC. The Bertz CT molecular complexity index is 573. The normalized spacial score (nSPS) is 14.7. The summed E-state index contributed by atoms with van der Waals surface area (Å²) in [6.45, 7) is 4.08. The van der Waals surface area contributed by atoms with E-state index in [1.165, 1.54) is 64.2 Å². The largest absolute Gasteiger partial charge is 0.394 e. The smallest absolute Gasteiger partial charge is 0.222 e. The lowest BCUT2D eigenvalue weighted by Gasteiger charge is -2.21. The molecule has 0 aromatic rings. The van der Waals surface area contributed by atoms with Gasteiger partial charge in [-0.2, -0.15) is 0 Å². The molecule has 0 saturated carbocycles. The van der Waals surface area contributed by atoms with E-state index in [-0.39, 0.29) is 18.9 Å². The first kappa shape index (κ1) is 34.6. The Hall–Kier alpha value is -1.43. The minimum absolute atomic E-state index is 0.00252. The fraction of sp³-hybridized carbons (Fsp3) is 0.774. The summed E-state index contributed by atoms with van der Waals surface area (Å²) < 4.78 is 0. The summed E-state index contributed by atoms with van der Waals surface area (Å²) in [7, 11) is 0. The summed E-state index contributed by atoms with van der Waals surface area (Å²) in [5.41, 5.74) is 0. The van der Waals surface area contributed by atoms with E-state index in [9.17, 15) is 20.1 Å². The Morgan fingerprint density at radius 2 is 1.19 bits per heavy atom. The van der Waals surface area contributed by atoms with E-state index < -0.39 is 18.2 Å². The number of unbranched alkanes of at least 4 members (excludes halogenated alkanes) is 12. The summed E-state index contributed by atoms with van der Waals surface area (Å²) in [4.78, 5) is 12.2. The molecule has 4 N–H and O–H groups in total. The van der Waals surface area contributed by atoms with Crippen LogP contribution < -0.4 is 5.32 Å². The Morgan fingerprint density at radius 3 is 1.75 bits per heavy atom. The van der Waals surface area contributed by atoms with E-state index in [0.29, 0.717) is 6.42 Å². The maximum Gasteiger partial charge on any atom is 0.222 e. The van der Waals surface area contributed by atoms with Gasteiger partial charge in [-0.15, -0.1) is 0 Å². The monoisotopic (exact) mass is 507 g/mol. The molecule has 0 spiro atoms. The highest BCUT2D eigenvalue weighted by Gasteiger charge is 2.19. The van der Waals surface area contributed by atoms with Crippen LogP contribution in [0.15, 0.2) is 36.5 Å². The molecule has 5 heteroatoms. The van der Waals surface area contributed by atoms with Gasteiger partial charge in [0.1, 0.15) is 0 Å². The van der Waals surface area contributed by atoms with Crippen LogP contribution in [-0.2, 0) is 4.79 Å². The Kier molecular flexibility index (Phi) is 25.6. The van der Waals surface area contributed by atoms with Crippen molar-refractivity contribution in [2.24, 2.45) is 0 Å². The number of aliphatic hydroxyl groups excluding tert-OH is 3. The highest BCUT2D eigenvalue weighted by atomic mass is 16.3. The molecule has 0 aromatic heterocycles. The predicted octanol–water partition coefficient (Wildman–Crippen LogP) is 6.92. The highest BCUT2D eigenvalue weighted by molar-refractivity contribution is 5.76. The van der Waals surface area contributed by atoms with Gasteiger partial charge in [0, 0.05) is 0 Å². The molecule has 0 aliphatic carbocycles. The zero-order chi connectivity index (χ0) is 26.7. The van der Waals surface area contributed by atoms with Crippen LogP contribution in [0.3, 0.4) is 0 Å². The zero-order valence-electron chi connectivity index (χ0n) is 23.4. The Morgan fingerprint density at radius 1 is 0.694 bits per heavy atom. The molecule has 1 amide bonds. The number of nitrogens with one attached hydrogen (secondary N) is 1. The summed E-state index contributed by atoms with van der Waals surface area (Å²) in [6.07, 6.45) is 29.8. The number of allylic oxidation sites excluding steroid dienone is 5. The average Bonchev–Trinajstić information content (AvgIpc) is 2.86. The first-order chi connectivity index (χ1) is 17.5. The van der Waals surface area contributed by atoms with Crippen LogP contribution in [0.4, 0.5) is 0 Å². The Labute approximate surface area is 222 Å². The van der Waals surface area contributed by atoms with Crippen LogP contribution in [-0.4, -0.2) is 46.1 Å². The molecule has 0 aromatic carbocycles. The van der Waals surface area contributed by atoms with E-state index in [2.05, 4.69) is 43.5 Å². The molecule has 3 atom stereocenters. The first-order valence-electron chi connectivity index (χ1n) is 14.8. The van der Waals surface area contributed by atoms with Gasteiger partial charge in [0.15, 0.2) is 0 Å². The molecule has 0 bridgehead atoms. The van der Waals surface area contributed by atoms with E-state index >= 15 is 0 Å². The second-order valence-electron chi connectivity index (χ2n) is 9.99. The maximum absolute atomic E-state index is 12.2. The van der Waals surface area contributed by atoms with Crippen molar-refractivity contribution in [2.45, 2.75) is 148 Å². The second kappa shape index (κ2) is 26.6. The summed E-state index contributed by atoms with van der Waals surface area (Å²) in [5, 5.41) is 32.7. The van der Waals surface area contributed by atoms with Gasteiger partial charge in [-0.05, 0) is 38.5 Å². The third-order valence-corrected chi connectivity index (χ3v) is 6.41. The maximum atomic E-state index is 12.2. The fourth-order valence-electron chi connectivity index (χ4n) is 4.06. The molecule has 210 valence electrons. The van der Waals surface area contributed by atoms with Crippen LogP contribution in [0.5, 0.6) is 0 Å². The zero-order valence-corrected chi connectivity index (χ0v) is 23.4. The average molecular weight is 508 g/mol. The fourth-order valence-corrected chi connectivity index (χ4v) is 4.06. The molecule has 0 fully saturated rings. The summed E-state index contributed by atoms with van der Waals surface area (Å²) >= 11 is 0. The van der Waals surface area contributed by atoms with Crippen LogP contribution in [0, 0.1) is 0 Å². The minimum atomic E-state index is -0.953. The molecular formula is C31H57NO4. The molecule has 0 saturated heterocycles. The number of carbonyl (C=O) groups is 1. The van der Waals surface area contributed by atoms with E-state index in [0.717, 1.165) is 38.5 Å². The van der Waals surface area contributed by atoms with Crippen molar-refractivity contribution >= 4 is 5.91 Å². The molecule has 3 unspecified atom stereocenters.